The maximum absolute atomic E-state index is 14.1. The molecule has 2 N–H and O–H groups in total. The molecule has 1 unspecified atom stereocenters. The summed E-state index contributed by atoms with van der Waals surface area (Å²) in [5.41, 5.74) is 1.65. The average molecular weight is 719 g/mol. The molecular formula is C35H45Cl2N5O5S. The van der Waals surface area contributed by atoms with Crippen LogP contribution in [0.4, 0.5) is 0 Å². The van der Waals surface area contributed by atoms with Crippen molar-refractivity contribution >= 4 is 52.4 Å². The number of carbonyl (C=O) groups is 3. The second-order valence-corrected chi connectivity index (χ2v) is 14.3. The number of halogens is 2. The van der Waals surface area contributed by atoms with Crippen molar-refractivity contribution in [2.75, 3.05) is 53.5 Å². The van der Waals surface area contributed by atoms with Crippen molar-refractivity contribution in [3.63, 3.8) is 0 Å². The number of hydrogen-bond donors (Lipinski definition) is 2. The lowest BCUT2D eigenvalue weighted by Gasteiger charge is -2.50. The first-order chi connectivity index (χ1) is 23.2. The summed E-state index contributed by atoms with van der Waals surface area (Å²) in [5.74, 6) is -2.49. The van der Waals surface area contributed by atoms with Gasteiger partial charge in [-0.05, 0) is 37.9 Å². The molecule has 2 aromatic rings. The van der Waals surface area contributed by atoms with Gasteiger partial charge in [0.2, 0.25) is 5.91 Å². The number of carbonyl (C=O) groups excluding carboxylic acids is 3. The fourth-order valence-corrected chi connectivity index (χ4v) is 8.63. The fourth-order valence-electron chi connectivity index (χ4n) is 7.40. The van der Waals surface area contributed by atoms with Gasteiger partial charge in [-0.15, -0.1) is 11.3 Å². The lowest BCUT2D eigenvalue weighted by atomic mass is 9.78. The Kier molecular flexibility index (Phi) is 12.6. The van der Waals surface area contributed by atoms with Gasteiger partial charge in [-0.1, -0.05) is 55.5 Å². The third-order valence-electron chi connectivity index (χ3n) is 9.82. The maximum atomic E-state index is 14.1. The number of aryl methyl sites for hydroxylation is 1. The Morgan fingerprint density at radius 1 is 0.979 bits per heavy atom. The molecular weight excluding hydrogens is 673 g/mol. The van der Waals surface area contributed by atoms with E-state index in [1.165, 1.54) is 44.8 Å². The van der Waals surface area contributed by atoms with Crippen LogP contribution in [0.3, 0.4) is 0 Å². The Bertz CT molecular complexity index is 1510. The van der Waals surface area contributed by atoms with Crippen LogP contribution in [-0.4, -0.2) is 91.7 Å². The topological polar surface area (TPSA) is 113 Å². The molecule has 1 aromatic carbocycles. The minimum absolute atomic E-state index is 0.0965. The Morgan fingerprint density at radius 2 is 1.62 bits per heavy atom. The van der Waals surface area contributed by atoms with Crippen molar-refractivity contribution < 1.29 is 23.9 Å². The Hall–Kier alpha value is -2.96. The molecule has 1 amide bonds. The Labute approximate surface area is 296 Å². The second kappa shape index (κ2) is 16.6. The van der Waals surface area contributed by atoms with E-state index >= 15 is 0 Å². The summed E-state index contributed by atoms with van der Waals surface area (Å²) >= 11 is 15.0. The number of ether oxygens (including phenoxy) is 2. The number of piperazine rings is 1. The number of dihydropyridines is 1. The number of likely N-dealkylation sites (N-methyl/N-ethyl adjacent to an activating group) is 1. The molecule has 0 radical (unpaired) electrons. The van der Waals surface area contributed by atoms with Crippen molar-refractivity contribution in [3.8, 4) is 0 Å². The Morgan fingerprint density at radius 3 is 2.21 bits per heavy atom. The number of aromatic nitrogens is 1. The van der Waals surface area contributed by atoms with Crippen molar-refractivity contribution in [3.05, 3.63) is 72.9 Å². The second-order valence-electron chi connectivity index (χ2n) is 12.5. The number of rotatable bonds is 12. The van der Waals surface area contributed by atoms with Crippen LogP contribution in [0, 0.1) is 0 Å². The molecule has 3 heterocycles. The summed E-state index contributed by atoms with van der Waals surface area (Å²) in [6.07, 6.45) is 8.58. The number of thiazole rings is 1. The summed E-state index contributed by atoms with van der Waals surface area (Å²) in [4.78, 5) is 50.1. The fraction of sp³-hybridized carbons (Fsp3) is 0.543. The van der Waals surface area contributed by atoms with Gasteiger partial charge in [0, 0.05) is 83.3 Å². The van der Waals surface area contributed by atoms with E-state index < -0.39 is 17.9 Å². The highest BCUT2D eigenvalue weighted by Crippen LogP contribution is 2.46. The highest BCUT2D eigenvalue weighted by molar-refractivity contribution is 7.09. The van der Waals surface area contributed by atoms with E-state index in [4.69, 9.17) is 32.7 Å². The van der Waals surface area contributed by atoms with E-state index in [9.17, 15) is 14.4 Å². The summed E-state index contributed by atoms with van der Waals surface area (Å²) < 4.78 is 10.5. The third-order valence-corrected chi connectivity index (χ3v) is 11.3. The molecule has 2 fully saturated rings. The van der Waals surface area contributed by atoms with Crippen molar-refractivity contribution in [2.24, 2.45) is 0 Å². The first-order valence-electron chi connectivity index (χ1n) is 16.7. The number of esters is 2. The van der Waals surface area contributed by atoms with E-state index in [1.807, 2.05) is 10.3 Å². The molecule has 1 aromatic heterocycles. The molecule has 5 rings (SSSR count). The van der Waals surface area contributed by atoms with Gasteiger partial charge in [-0.25, -0.2) is 14.6 Å². The van der Waals surface area contributed by atoms with Gasteiger partial charge >= 0.3 is 11.9 Å². The van der Waals surface area contributed by atoms with Crippen LogP contribution in [0.5, 0.6) is 0 Å². The van der Waals surface area contributed by atoms with Gasteiger partial charge in [-0.3, -0.25) is 9.69 Å². The van der Waals surface area contributed by atoms with Crippen LogP contribution in [0.1, 0.15) is 68.4 Å². The molecule has 1 saturated heterocycles. The quantitative estimate of drug-likeness (QED) is 0.276. The number of methoxy groups -OCH3 is 2. The highest BCUT2D eigenvalue weighted by Gasteiger charge is 2.43. The van der Waals surface area contributed by atoms with Crippen molar-refractivity contribution in [1.29, 1.82) is 0 Å². The summed E-state index contributed by atoms with van der Waals surface area (Å²) in [6, 6.07) is 5.01. The monoisotopic (exact) mass is 717 g/mol. The molecule has 0 bridgehead atoms. The molecule has 1 aliphatic carbocycles. The standard InChI is InChI=1S/C35H45Cl2N5O5S/c1-4-38-22-35(13-6-5-7-14-35)42-18-16-41(17-19-42)28(43)21-26-31(34(45)47-3)32(29-23(36)9-8-10-24(29)37)30(33(44)46-2)25(40-26)11-12-27-39-15-20-48-27/h8-10,15,20,32,38,40H,4-7,11-14,16-19,21-22H2,1-3H3. The predicted molar refractivity (Wildman–Crippen MR) is 188 cm³/mol. The van der Waals surface area contributed by atoms with Crippen LogP contribution in [-0.2, 0) is 30.3 Å². The van der Waals surface area contributed by atoms with E-state index in [0.29, 0.717) is 42.9 Å². The Balaban J connectivity index is 1.47. The minimum Gasteiger partial charge on any atom is -0.466 e. The smallest absolute Gasteiger partial charge is 0.336 e. The lowest BCUT2D eigenvalue weighted by molar-refractivity contribution is -0.137. The van der Waals surface area contributed by atoms with Gasteiger partial charge in [0.25, 0.3) is 0 Å². The average Bonchev–Trinajstić information content (AvgIpc) is 3.63. The van der Waals surface area contributed by atoms with E-state index in [1.54, 1.807) is 24.4 Å². The zero-order chi connectivity index (χ0) is 34.3. The molecule has 1 atom stereocenters. The highest BCUT2D eigenvalue weighted by atomic mass is 35.5. The summed E-state index contributed by atoms with van der Waals surface area (Å²) in [5, 5.41) is 10.2. The molecule has 2 aliphatic heterocycles. The van der Waals surface area contributed by atoms with Crippen LogP contribution in [0.15, 0.2) is 52.3 Å². The van der Waals surface area contributed by atoms with Crippen LogP contribution < -0.4 is 10.6 Å². The zero-order valence-electron chi connectivity index (χ0n) is 27.9. The maximum Gasteiger partial charge on any atom is 0.336 e. The number of nitrogens with zero attached hydrogens (tertiary/aromatic N) is 3. The van der Waals surface area contributed by atoms with E-state index in [-0.39, 0.29) is 39.1 Å². The third kappa shape index (κ3) is 7.91. The molecule has 0 spiro atoms. The number of allylic oxidation sites excluding steroid dienone is 1. The summed E-state index contributed by atoms with van der Waals surface area (Å²) in [7, 11) is 2.56. The van der Waals surface area contributed by atoms with E-state index in [0.717, 1.165) is 44.0 Å². The normalized spacial score (nSPS) is 20.0. The minimum atomic E-state index is -1.03. The molecule has 3 aliphatic rings. The lowest BCUT2D eigenvalue weighted by Crippen LogP contribution is -2.62. The van der Waals surface area contributed by atoms with Crippen LogP contribution in [0.25, 0.3) is 0 Å². The molecule has 48 heavy (non-hydrogen) atoms. The first-order valence-corrected chi connectivity index (χ1v) is 18.3. The van der Waals surface area contributed by atoms with Crippen molar-refractivity contribution in [2.45, 2.75) is 69.7 Å². The summed E-state index contributed by atoms with van der Waals surface area (Å²) in [6.45, 7) is 6.79. The van der Waals surface area contributed by atoms with Gasteiger partial charge in [0.05, 0.1) is 42.7 Å². The zero-order valence-corrected chi connectivity index (χ0v) is 30.2. The first kappa shape index (κ1) is 36.3. The number of benzene rings is 1. The SMILES string of the molecule is CCNCC1(N2CCN(C(=O)CC3=C(C(=O)OC)C(c4c(Cl)cccc4Cl)C(C(=O)OC)=C(CCc4nccs4)N3)CC2)CCCCC1. The molecule has 13 heteroatoms. The number of nitrogens with one attached hydrogen (secondary N) is 2. The predicted octanol–water partition coefficient (Wildman–Crippen LogP) is 5.47. The van der Waals surface area contributed by atoms with Crippen molar-refractivity contribution in [1.82, 2.24) is 25.4 Å². The molecule has 1 saturated carbocycles. The van der Waals surface area contributed by atoms with E-state index in [2.05, 4.69) is 27.4 Å². The van der Waals surface area contributed by atoms with Gasteiger partial charge in [-0.2, -0.15) is 0 Å². The number of hydrogen-bond acceptors (Lipinski definition) is 10. The number of amides is 1. The van der Waals surface area contributed by atoms with Gasteiger partial charge < -0.3 is 25.0 Å². The molecule has 10 nitrogen and oxygen atoms in total. The molecule has 260 valence electrons. The van der Waals surface area contributed by atoms with Gasteiger partial charge in [0.1, 0.15) is 0 Å². The largest absolute Gasteiger partial charge is 0.466 e. The van der Waals surface area contributed by atoms with Crippen LogP contribution >= 0.6 is 34.5 Å². The van der Waals surface area contributed by atoms with Gasteiger partial charge in [0.15, 0.2) is 0 Å². The van der Waals surface area contributed by atoms with Crippen LogP contribution in [0.2, 0.25) is 10.0 Å².